The summed E-state index contributed by atoms with van der Waals surface area (Å²) < 4.78 is 1.89. The Morgan fingerprint density at radius 3 is 2.43 bits per heavy atom. The van der Waals surface area contributed by atoms with Crippen molar-refractivity contribution >= 4 is 16.7 Å². The van der Waals surface area contributed by atoms with Gasteiger partial charge in [0.15, 0.2) is 5.69 Å². The molecule has 0 bridgehead atoms. The van der Waals surface area contributed by atoms with Gasteiger partial charge in [-0.15, -0.1) is 0 Å². The molecule has 1 amide bonds. The standard InChI is InChI=1S/C26H25N3O/c30-26(27-20-12-3-1-4-13-20)24-18-25(29(28-24)21-14-5-2-6-15-21)23-17-9-11-19-10-7-8-16-22(19)23/h2,5-11,14-18,20H,1,3-4,12-13H2,(H,27,30). The number of nitrogens with zero attached hydrogens (tertiary/aromatic N) is 2. The summed E-state index contributed by atoms with van der Waals surface area (Å²) in [4.78, 5) is 13.0. The van der Waals surface area contributed by atoms with E-state index in [4.69, 9.17) is 5.10 Å². The molecule has 1 fully saturated rings. The number of carbonyl (C=O) groups excluding carboxylic acids is 1. The molecule has 1 saturated carbocycles. The lowest BCUT2D eigenvalue weighted by Gasteiger charge is -2.22. The second-order valence-electron chi connectivity index (χ2n) is 8.00. The molecule has 150 valence electrons. The third-order valence-electron chi connectivity index (χ3n) is 5.95. The number of aromatic nitrogens is 2. The Bertz CT molecular complexity index is 1170. The van der Waals surface area contributed by atoms with Crippen LogP contribution in [0.25, 0.3) is 27.7 Å². The molecule has 1 aliphatic carbocycles. The van der Waals surface area contributed by atoms with E-state index in [0.717, 1.165) is 35.2 Å². The molecule has 0 spiro atoms. The molecule has 1 aromatic heterocycles. The molecule has 0 aliphatic heterocycles. The number of para-hydroxylation sites is 1. The molecule has 1 N–H and O–H groups in total. The highest BCUT2D eigenvalue weighted by Gasteiger charge is 2.21. The summed E-state index contributed by atoms with van der Waals surface area (Å²) in [5.74, 6) is -0.0851. The number of amides is 1. The van der Waals surface area contributed by atoms with Gasteiger partial charge in [-0.25, -0.2) is 4.68 Å². The highest BCUT2D eigenvalue weighted by Crippen LogP contribution is 2.31. The molecule has 5 rings (SSSR count). The van der Waals surface area contributed by atoms with Gasteiger partial charge in [-0.1, -0.05) is 79.9 Å². The lowest BCUT2D eigenvalue weighted by molar-refractivity contribution is 0.0922. The van der Waals surface area contributed by atoms with Crippen LogP contribution in [0.4, 0.5) is 0 Å². The maximum absolute atomic E-state index is 13.0. The van der Waals surface area contributed by atoms with Crippen molar-refractivity contribution < 1.29 is 4.79 Å². The van der Waals surface area contributed by atoms with E-state index in [-0.39, 0.29) is 11.9 Å². The lowest BCUT2D eigenvalue weighted by Crippen LogP contribution is -2.36. The Morgan fingerprint density at radius 1 is 0.867 bits per heavy atom. The van der Waals surface area contributed by atoms with E-state index in [1.54, 1.807) is 0 Å². The lowest BCUT2D eigenvalue weighted by atomic mass is 9.95. The molecule has 1 heterocycles. The van der Waals surface area contributed by atoms with Crippen molar-refractivity contribution in [1.82, 2.24) is 15.1 Å². The number of rotatable bonds is 4. The van der Waals surface area contributed by atoms with Crippen LogP contribution in [0.1, 0.15) is 42.6 Å². The van der Waals surface area contributed by atoms with Crippen LogP contribution in [-0.2, 0) is 0 Å². The summed E-state index contributed by atoms with van der Waals surface area (Å²) in [6.45, 7) is 0. The number of fused-ring (bicyclic) bond motifs is 1. The third-order valence-corrected chi connectivity index (χ3v) is 5.95. The minimum atomic E-state index is -0.0851. The monoisotopic (exact) mass is 395 g/mol. The first-order chi connectivity index (χ1) is 14.8. The number of nitrogens with one attached hydrogen (secondary N) is 1. The van der Waals surface area contributed by atoms with Gasteiger partial charge in [0.05, 0.1) is 11.4 Å². The minimum Gasteiger partial charge on any atom is -0.348 e. The van der Waals surface area contributed by atoms with E-state index >= 15 is 0 Å². The Hall–Kier alpha value is -3.40. The van der Waals surface area contributed by atoms with Crippen molar-refractivity contribution in [2.24, 2.45) is 0 Å². The topological polar surface area (TPSA) is 46.9 Å². The second kappa shape index (κ2) is 8.15. The first kappa shape index (κ1) is 18.6. The number of carbonyl (C=O) groups is 1. The summed E-state index contributed by atoms with van der Waals surface area (Å²) in [5.41, 5.74) is 3.40. The zero-order valence-corrected chi connectivity index (χ0v) is 16.9. The van der Waals surface area contributed by atoms with Crippen LogP contribution in [0.2, 0.25) is 0 Å². The van der Waals surface area contributed by atoms with Crippen LogP contribution in [-0.4, -0.2) is 21.7 Å². The van der Waals surface area contributed by atoms with E-state index in [1.807, 2.05) is 53.2 Å². The van der Waals surface area contributed by atoms with Gasteiger partial charge in [0.25, 0.3) is 5.91 Å². The molecular formula is C26H25N3O. The van der Waals surface area contributed by atoms with Gasteiger partial charge < -0.3 is 5.32 Å². The van der Waals surface area contributed by atoms with Gasteiger partial charge in [0.1, 0.15) is 0 Å². The maximum atomic E-state index is 13.0. The summed E-state index contributed by atoms with van der Waals surface area (Å²) in [5, 5.41) is 10.3. The van der Waals surface area contributed by atoms with Crippen LogP contribution in [0.15, 0.2) is 78.9 Å². The Labute approximate surface area is 176 Å². The minimum absolute atomic E-state index is 0.0851. The first-order valence-corrected chi connectivity index (χ1v) is 10.7. The molecule has 1 aliphatic rings. The zero-order valence-electron chi connectivity index (χ0n) is 16.9. The van der Waals surface area contributed by atoms with Crippen LogP contribution in [0.3, 0.4) is 0 Å². The highest BCUT2D eigenvalue weighted by atomic mass is 16.2. The summed E-state index contributed by atoms with van der Waals surface area (Å²) in [7, 11) is 0. The maximum Gasteiger partial charge on any atom is 0.272 e. The second-order valence-corrected chi connectivity index (χ2v) is 8.00. The van der Waals surface area contributed by atoms with Crippen LogP contribution >= 0.6 is 0 Å². The third kappa shape index (κ3) is 3.61. The predicted octanol–water partition coefficient (Wildman–Crippen LogP) is 5.76. The van der Waals surface area contributed by atoms with Crippen molar-refractivity contribution in [3.8, 4) is 16.9 Å². The van der Waals surface area contributed by atoms with E-state index in [9.17, 15) is 4.79 Å². The highest BCUT2D eigenvalue weighted by molar-refractivity contribution is 5.98. The quantitative estimate of drug-likeness (QED) is 0.478. The molecule has 0 unspecified atom stereocenters. The largest absolute Gasteiger partial charge is 0.348 e. The van der Waals surface area contributed by atoms with E-state index in [0.29, 0.717) is 5.69 Å². The molecule has 3 aromatic carbocycles. The average Bonchev–Trinajstić information content (AvgIpc) is 3.25. The Balaban J connectivity index is 1.59. The number of hydrogen-bond acceptors (Lipinski definition) is 2. The molecular weight excluding hydrogens is 370 g/mol. The number of benzene rings is 3. The fourth-order valence-electron chi connectivity index (χ4n) is 4.40. The summed E-state index contributed by atoms with van der Waals surface area (Å²) >= 11 is 0. The first-order valence-electron chi connectivity index (χ1n) is 10.7. The molecule has 30 heavy (non-hydrogen) atoms. The van der Waals surface area contributed by atoms with Crippen LogP contribution < -0.4 is 5.32 Å². The van der Waals surface area contributed by atoms with Crippen molar-refractivity contribution in [1.29, 1.82) is 0 Å². The van der Waals surface area contributed by atoms with Crippen LogP contribution in [0, 0.1) is 0 Å². The fourth-order valence-corrected chi connectivity index (χ4v) is 4.40. The molecule has 0 saturated heterocycles. The summed E-state index contributed by atoms with van der Waals surface area (Å²) in [6.07, 6.45) is 5.75. The van der Waals surface area contributed by atoms with Gasteiger partial charge in [-0.2, -0.15) is 5.10 Å². The average molecular weight is 396 g/mol. The zero-order chi connectivity index (χ0) is 20.3. The Morgan fingerprint density at radius 2 is 1.60 bits per heavy atom. The fraction of sp³-hybridized carbons (Fsp3) is 0.231. The van der Waals surface area contributed by atoms with Gasteiger partial charge >= 0.3 is 0 Å². The van der Waals surface area contributed by atoms with E-state index in [1.165, 1.54) is 24.6 Å². The van der Waals surface area contributed by atoms with Gasteiger partial charge in [-0.3, -0.25) is 4.79 Å². The molecule has 4 heteroatoms. The van der Waals surface area contributed by atoms with Crippen molar-refractivity contribution in [3.63, 3.8) is 0 Å². The van der Waals surface area contributed by atoms with Crippen molar-refractivity contribution in [2.75, 3.05) is 0 Å². The van der Waals surface area contributed by atoms with Gasteiger partial charge in [-0.05, 0) is 41.8 Å². The van der Waals surface area contributed by atoms with Crippen molar-refractivity contribution in [3.05, 3.63) is 84.6 Å². The SMILES string of the molecule is O=C(NC1CCCCC1)c1cc(-c2cccc3ccccc23)n(-c2ccccc2)n1. The van der Waals surface area contributed by atoms with E-state index < -0.39 is 0 Å². The normalized spacial score (nSPS) is 14.7. The molecule has 4 aromatic rings. The smallest absolute Gasteiger partial charge is 0.272 e. The molecule has 0 atom stereocenters. The van der Waals surface area contributed by atoms with Gasteiger partial charge in [0, 0.05) is 11.6 Å². The number of hydrogen-bond donors (Lipinski definition) is 1. The van der Waals surface area contributed by atoms with Crippen molar-refractivity contribution in [2.45, 2.75) is 38.1 Å². The van der Waals surface area contributed by atoms with Crippen LogP contribution in [0.5, 0.6) is 0 Å². The molecule has 4 nitrogen and oxygen atoms in total. The predicted molar refractivity (Wildman–Crippen MR) is 121 cm³/mol. The van der Waals surface area contributed by atoms with Gasteiger partial charge in [0.2, 0.25) is 0 Å². The Kier molecular flexibility index (Phi) is 5.06. The van der Waals surface area contributed by atoms with E-state index in [2.05, 4.69) is 35.6 Å². The molecule has 0 radical (unpaired) electrons. The summed E-state index contributed by atoms with van der Waals surface area (Å²) in [6, 6.07) is 26.8.